The number of nitrogens with zero attached hydrogens (tertiary/aromatic N) is 1. The zero-order chi connectivity index (χ0) is 28.0. The van der Waals surface area contributed by atoms with Crippen molar-refractivity contribution in [2.24, 2.45) is 11.8 Å². The first kappa shape index (κ1) is 28.4. The highest BCUT2D eigenvalue weighted by Gasteiger charge is 2.34. The highest BCUT2D eigenvalue weighted by atomic mass is 16.4. The highest BCUT2D eigenvalue weighted by molar-refractivity contribution is 5.92. The minimum absolute atomic E-state index is 0.0204. The average molecular weight is 523 g/mol. The van der Waals surface area contributed by atoms with Gasteiger partial charge in [0.15, 0.2) is 0 Å². The third-order valence-corrected chi connectivity index (χ3v) is 6.75. The largest absolute Gasteiger partial charge is 0.480 e. The molecule has 202 valence electrons. The lowest BCUT2D eigenvalue weighted by molar-refractivity contribution is -0.143. The predicted molar refractivity (Wildman–Crippen MR) is 144 cm³/mol. The second-order valence-electron chi connectivity index (χ2n) is 9.80. The number of aliphatic carboxylic acids is 1. The monoisotopic (exact) mass is 522 g/mol. The van der Waals surface area contributed by atoms with Gasteiger partial charge in [-0.25, -0.2) is 14.2 Å². The van der Waals surface area contributed by atoms with Gasteiger partial charge in [-0.2, -0.15) is 0 Å². The van der Waals surface area contributed by atoms with Gasteiger partial charge in [0.25, 0.3) is 5.56 Å². The van der Waals surface area contributed by atoms with Crippen molar-refractivity contribution in [2.75, 3.05) is 0 Å². The fraction of sp³-hybridized carbons (Fsp3) is 0.393. The third-order valence-electron chi connectivity index (χ3n) is 6.75. The van der Waals surface area contributed by atoms with Crippen LogP contribution in [0, 0.1) is 11.8 Å². The van der Waals surface area contributed by atoms with E-state index in [1.54, 1.807) is 69.3 Å². The Labute approximate surface area is 220 Å². The minimum Gasteiger partial charge on any atom is -0.480 e. The molecule has 0 saturated heterocycles. The van der Waals surface area contributed by atoms with Crippen molar-refractivity contribution >= 4 is 28.7 Å². The van der Waals surface area contributed by atoms with Crippen molar-refractivity contribution in [3.05, 3.63) is 81.0 Å². The van der Waals surface area contributed by atoms with Crippen LogP contribution in [0.5, 0.6) is 0 Å². The van der Waals surface area contributed by atoms with E-state index in [2.05, 4.69) is 15.6 Å². The zero-order valence-corrected chi connectivity index (χ0v) is 21.9. The van der Waals surface area contributed by atoms with Gasteiger partial charge in [0.05, 0.1) is 10.9 Å². The van der Waals surface area contributed by atoms with Crippen LogP contribution in [-0.2, 0) is 20.8 Å². The summed E-state index contributed by atoms with van der Waals surface area (Å²) < 4.78 is 0.879. The molecule has 3 aromatic rings. The van der Waals surface area contributed by atoms with Gasteiger partial charge < -0.3 is 20.7 Å². The highest BCUT2D eigenvalue weighted by Crippen LogP contribution is 2.16. The van der Waals surface area contributed by atoms with Gasteiger partial charge in [0.1, 0.15) is 18.1 Å². The standard InChI is InChI=1S/C28H34N4O6/c1-5-17(4)23(25(34)30-22(16(2)3)27(36)37)31-24(33)21(15-18-11-7-6-8-12-18)32-26(35)19-13-9-10-14-20(19)29-28(32)38/h6-14,16-17,21-23H,5,15H2,1-4H3,(H,29,38)(H,30,34)(H,31,33)(H,36,37)/t17-,21-,22+,23+/m1/s1. The lowest BCUT2D eigenvalue weighted by Gasteiger charge is -2.28. The van der Waals surface area contributed by atoms with Crippen molar-refractivity contribution < 1.29 is 19.5 Å². The van der Waals surface area contributed by atoms with Crippen molar-refractivity contribution in [3.8, 4) is 0 Å². The quantitative estimate of drug-likeness (QED) is 0.303. The van der Waals surface area contributed by atoms with E-state index in [1.165, 1.54) is 0 Å². The molecular weight excluding hydrogens is 488 g/mol. The van der Waals surface area contributed by atoms with E-state index in [-0.39, 0.29) is 23.6 Å². The number of hydrogen-bond donors (Lipinski definition) is 4. The van der Waals surface area contributed by atoms with Crippen LogP contribution in [0.15, 0.2) is 64.2 Å². The van der Waals surface area contributed by atoms with Gasteiger partial charge in [0.2, 0.25) is 11.8 Å². The number of H-pyrrole nitrogens is 1. The lowest BCUT2D eigenvalue weighted by Crippen LogP contribution is -2.57. The number of carboxylic acids is 1. The number of hydrogen-bond acceptors (Lipinski definition) is 5. The van der Waals surface area contributed by atoms with Crippen LogP contribution < -0.4 is 21.9 Å². The van der Waals surface area contributed by atoms with E-state index in [0.29, 0.717) is 17.5 Å². The number of benzene rings is 2. The smallest absolute Gasteiger partial charge is 0.329 e. The third kappa shape index (κ3) is 6.37. The van der Waals surface area contributed by atoms with Crippen LogP contribution in [0.4, 0.5) is 0 Å². The van der Waals surface area contributed by atoms with Crippen LogP contribution in [0.3, 0.4) is 0 Å². The summed E-state index contributed by atoms with van der Waals surface area (Å²) in [6.45, 7) is 6.94. The van der Waals surface area contributed by atoms with E-state index in [0.717, 1.165) is 4.57 Å². The second-order valence-corrected chi connectivity index (χ2v) is 9.80. The zero-order valence-electron chi connectivity index (χ0n) is 21.9. The number of aromatic amines is 1. The summed E-state index contributed by atoms with van der Waals surface area (Å²) in [5.74, 6) is -3.27. The summed E-state index contributed by atoms with van der Waals surface area (Å²) in [4.78, 5) is 67.8. The Morgan fingerprint density at radius 2 is 1.50 bits per heavy atom. The van der Waals surface area contributed by atoms with E-state index in [4.69, 9.17) is 0 Å². The molecular formula is C28H34N4O6. The van der Waals surface area contributed by atoms with Gasteiger partial charge in [-0.15, -0.1) is 0 Å². The molecule has 0 radical (unpaired) electrons. The first-order valence-electron chi connectivity index (χ1n) is 12.7. The predicted octanol–water partition coefficient (Wildman–Crippen LogP) is 2.23. The number of fused-ring (bicyclic) bond motifs is 1. The summed E-state index contributed by atoms with van der Waals surface area (Å²) in [6.07, 6.45) is 0.532. The molecule has 0 saturated carbocycles. The summed E-state index contributed by atoms with van der Waals surface area (Å²) >= 11 is 0. The maximum absolute atomic E-state index is 13.8. The molecule has 2 amide bonds. The molecule has 10 heteroatoms. The molecule has 0 aliphatic carbocycles. The Hall–Kier alpha value is -4.21. The molecule has 2 aromatic carbocycles. The Balaban J connectivity index is 2.04. The normalized spacial score (nSPS) is 14.4. The van der Waals surface area contributed by atoms with Crippen molar-refractivity contribution in [2.45, 2.75) is 58.7 Å². The molecule has 0 unspecified atom stereocenters. The molecule has 10 nitrogen and oxygen atoms in total. The molecule has 38 heavy (non-hydrogen) atoms. The maximum atomic E-state index is 13.8. The topological polar surface area (TPSA) is 150 Å². The summed E-state index contributed by atoms with van der Waals surface area (Å²) in [7, 11) is 0. The van der Waals surface area contributed by atoms with Crippen LogP contribution >= 0.6 is 0 Å². The molecule has 0 aliphatic rings. The summed E-state index contributed by atoms with van der Waals surface area (Å²) in [5, 5.41) is 15.0. The minimum atomic E-state index is -1.27. The van der Waals surface area contributed by atoms with Gasteiger partial charge in [-0.3, -0.25) is 14.4 Å². The lowest BCUT2D eigenvalue weighted by atomic mass is 9.96. The van der Waals surface area contributed by atoms with Crippen LogP contribution in [0.25, 0.3) is 10.9 Å². The average Bonchev–Trinajstić information content (AvgIpc) is 2.89. The van der Waals surface area contributed by atoms with E-state index in [1.807, 2.05) is 13.0 Å². The van der Waals surface area contributed by atoms with Crippen molar-refractivity contribution in [1.82, 2.24) is 20.2 Å². The summed E-state index contributed by atoms with van der Waals surface area (Å²) in [6, 6.07) is 12.0. The second kappa shape index (κ2) is 12.4. The van der Waals surface area contributed by atoms with Crippen LogP contribution in [0.1, 0.15) is 45.7 Å². The Morgan fingerprint density at radius 1 is 0.895 bits per heavy atom. The number of nitrogens with one attached hydrogen (secondary N) is 3. The first-order valence-corrected chi connectivity index (χ1v) is 12.7. The van der Waals surface area contributed by atoms with Gasteiger partial charge in [0, 0.05) is 6.42 Å². The fourth-order valence-electron chi connectivity index (χ4n) is 4.31. The fourth-order valence-corrected chi connectivity index (χ4v) is 4.31. The molecule has 1 heterocycles. The molecule has 0 fully saturated rings. The number of carbonyl (C=O) groups is 3. The molecule has 4 atom stereocenters. The van der Waals surface area contributed by atoms with E-state index in [9.17, 15) is 29.1 Å². The SMILES string of the molecule is CC[C@@H](C)[C@H](NC(=O)[C@@H](Cc1ccccc1)n1c(=O)[nH]c2ccccc2c1=O)C(=O)N[C@H](C(=O)O)C(C)C. The van der Waals surface area contributed by atoms with E-state index < -0.39 is 47.2 Å². The number of carboxylic acid groups (broad SMARTS) is 1. The van der Waals surface area contributed by atoms with Crippen molar-refractivity contribution in [3.63, 3.8) is 0 Å². The summed E-state index contributed by atoms with van der Waals surface area (Å²) in [5.41, 5.74) is -0.318. The van der Waals surface area contributed by atoms with E-state index >= 15 is 0 Å². The number of para-hydroxylation sites is 1. The number of carbonyl (C=O) groups excluding carboxylic acids is 2. The van der Waals surface area contributed by atoms with Gasteiger partial charge >= 0.3 is 11.7 Å². The Bertz CT molecular complexity index is 1410. The first-order chi connectivity index (χ1) is 18.0. The van der Waals surface area contributed by atoms with Crippen molar-refractivity contribution in [1.29, 1.82) is 0 Å². The van der Waals surface area contributed by atoms with Gasteiger partial charge in [-0.1, -0.05) is 76.6 Å². The molecule has 3 rings (SSSR count). The number of amides is 2. The molecule has 0 spiro atoms. The number of rotatable bonds is 11. The molecule has 1 aromatic heterocycles. The number of aromatic nitrogens is 2. The Morgan fingerprint density at radius 3 is 2.11 bits per heavy atom. The maximum Gasteiger partial charge on any atom is 0.329 e. The van der Waals surface area contributed by atoms with Gasteiger partial charge in [-0.05, 0) is 29.5 Å². The molecule has 4 N–H and O–H groups in total. The van der Waals surface area contributed by atoms with Crippen LogP contribution in [-0.4, -0.2) is 44.5 Å². The van der Waals surface area contributed by atoms with Crippen LogP contribution in [0.2, 0.25) is 0 Å². The molecule has 0 aliphatic heterocycles. The molecule has 0 bridgehead atoms. The Kier molecular flexibility index (Phi) is 9.22.